The van der Waals surface area contributed by atoms with Gasteiger partial charge in [-0.3, -0.25) is 0 Å². The number of rotatable bonds is 2. The third-order valence-electron chi connectivity index (χ3n) is 2.98. The van der Waals surface area contributed by atoms with Crippen LogP contribution in [0.5, 0.6) is 5.75 Å². The van der Waals surface area contributed by atoms with Crippen molar-refractivity contribution >= 4 is 16.5 Å². The zero-order chi connectivity index (χ0) is 11.0. The van der Waals surface area contributed by atoms with Crippen LogP contribution in [0.4, 0.5) is 5.13 Å². The fourth-order valence-corrected chi connectivity index (χ4v) is 2.81. The molecule has 0 saturated carbocycles. The number of fused-ring (bicyclic) bond motifs is 1. The number of anilines is 1. The lowest BCUT2D eigenvalue weighted by Gasteiger charge is -2.12. The second-order valence-corrected chi connectivity index (χ2v) is 4.81. The normalized spacial score (nSPS) is 18.4. The van der Waals surface area contributed by atoms with Gasteiger partial charge in [-0.2, -0.15) is 0 Å². The lowest BCUT2D eigenvalue weighted by molar-refractivity contribution is 0.469. The molecule has 1 atom stereocenters. The van der Waals surface area contributed by atoms with Gasteiger partial charge < -0.3 is 10.4 Å². The molecule has 1 aromatic heterocycles. The predicted molar refractivity (Wildman–Crippen MR) is 64.9 cm³/mol. The highest BCUT2D eigenvalue weighted by Crippen LogP contribution is 2.38. The van der Waals surface area contributed by atoms with E-state index in [1.165, 1.54) is 5.56 Å². The first-order valence-electron chi connectivity index (χ1n) is 5.31. The third kappa shape index (κ3) is 1.55. The van der Waals surface area contributed by atoms with Crippen LogP contribution in [0.3, 0.4) is 0 Å². The summed E-state index contributed by atoms with van der Waals surface area (Å²) in [5.41, 5.74) is 2.28. The van der Waals surface area contributed by atoms with Crippen LogP contribution in [-0.4, -0.2) is 10.1 Å². The van der Waals surface area contributed by atoms with Crippen molar-refractivity contribution in [2.75, 3.05) is 5.32 Å². The molecule has 16 heavy (non-hydrogen) atoms. The van der Waals surface area contributed by atoms with E-state index in [0.717, 1.165) is 23.5 Å². The molecule has 2 aromatic rings. The highest BCUT2D eigenvalue weighted by atomic mass is 32.1. The SMILES string of the molecule is Oc1cccc2c1CCC2Nc1nccs1. The van der Waals surface area contributed by atoms with Gasteiger partial charge in [0.1, 0.15) is 5.75 Å². The first-order valence-corrected chi connectivity index (χ1v) is 6.19. The molecule has 1 unspecified atom stereocenters. The molecule has 2 N–H and O–H groups in total. The average molecular weight is 232 g/mol. The van der Waals surface area contributed by atoms with Crippen LogP contribution >= 0.6 is 11.3 Å². The molecule has 0 spiro atoms. The first kappa shape index (κ1) is 9.66. The van der Waals surface area contributed by atoms with Crippen LogP contribution in [0, 0.1) is 0 Å². The second kappa shape index (κ2) is 3.79. The van der Waals surface area contributed by atoms with Crippen molar-refractivity contribution in [1.82, 2.24) is 4.98 Å². The van der Waals surface area contributed by atoms with E-state index in [-0.39, 0.29) is 6.04 Å². The summed E-state index contributed by atoms with van der Waals surface area (Å²) in [6, 6.07) is 6.02. The number of hydrogen-bond donors (Lipinski definition) is 2. The molecular weight excluding hydrogens is 220 g/mol. The number of hydrogen-bond acceptors (Lipinski definition) is 4. The molecule has 3 nitrogen and oxygen atoms in total. The Bertz CT molecular complexity index is 496. The van der Waals surface area contributed by atoms with E-state index in [4.69, 9.17) is 0 Å². The quantitative estimate of drug-likeness (QED) is 0.836. The maximum absolute atomic E-state index is 9.73. The van der Waals surface area contributed by atoms with Gasteiger partial charge in [-0.15, -0.1) is 11.3 Å². The van der Waals surface area contributed by atoms with Gasteiger partial charge in [-0.25, -0.2) is 4.98 Å². The van der Waals surface area contributed by atoms with Crippen LogP contribution in [0.1, 0.15) is 23.6 Å². The van der Waals surface area contributed by atoms with Gasteiger partial charge in [-0.05, 0) is 30.0 Å². The molecule has 0 saturated heterocycles. The molecular formula is C12H12N2OS. The molecule has 0 fully saturated rings. The Balaban J connectivity index is 1.89. The van der Waals surface area contributed by atoms with Crippen molar-refractivity contribution in [2.24, 2.45) is 0 Å². The maximum Gasteiger partial charge on any atom is 0.183 e. The van der Waals surface area contributed by atoms with E-state index in [1.807, 2.05) is 11.4 Å². The molecule has 4 heteroatoms. The monoisotopic (exact) mass is 232 g/mol. The molecule has 0 radical (unpaired) electrons. The minimum Gasteiger partial charge on any atom is -0.508 e. The number of aromatic nitrogens is 1. The van der Waals surface area contributed by atoms with Crippen molar-refractivity contribution < 1.29 is 5.11 Å². The van der Waals surface area contributed by atoms with Gasteiger partial charge in [0, 0.05) is 11.6 Å². The largest absolute Gasteiger partial charge is 0.508 e. The predicted octanol–water partition coefficient (Wildman–Crippen LogP) is 2.95. The maximum atomic E-state index is 9.73. The van der Waals surface area contributed by atoms with Gasteiger partial charge in [0.2, 0.25) is 0 Å². The Morgan fingerprint density at radius 3 is 3.19 bits per heavy atom. The Morgan fingerprint density at radius 1 is 1.44 bits per heavy atom. The van der Waals surface area contributed by atoms with Crippen LogP contribution in [0.25, 0.3) is 0 Å². The minimum absolute atomic E-state index is 0.285. The van der Waals surface area contributed by atoms with Crippen LogP contribution in [0.2, 0.25) is 0 Å². The summed E-state index contributed by atoms with van der Waals surface area (Å²) in [7, 11) is 0. The molecule has 82 valence electrons. The molecule has 1 aliphatic rings. The van der Waals surface area contributed by atoms with Gasteiger partial charge in [-0.1, -0.05) is 12.1 Å². The molecule has 1 heterocycles. The van der Waals surface area contributed by atoms with Crippen molar-refractivity contribution in [3.63, 3.8) is 0 Å². The Hall–Kier alpha value is -1.55. The zero-order valence-electron chi connectivity index (χ0n) is 8.68. The number of aromatic hydroxyl groups is 1. The van der Waals surface area contributed by atoms with Gasteiger partial charge >= 0.3 is 0 Å². The lowest BCUT2D eigenvalue weighted by Crippen LogP contribution is -2.06. The van der Waals surface area contributed by atoms with Crippen LogP contribution in [0.15, 0.2) is 29.8 Å². The fourth-order valence-electron chi connectivity index (χ4n) is 2.23. The van der Waals surface area contributed by atoms with E-state index in [0.29, 0.717) is 5.75 Å². The van der Waals surface area contributed by atoms with Gasteiger partial charge in [0.25, 0.3) is 0 Å². The summed E-state index contributed by atoms with van der Waals surface area (Å²) >= 11 is 1.60. The van der Waals surface area contributed by atoms with Crippen molar-refractivity contribution in [1.29, 1.82) is 0 Å². The molecule has 0 amide bonds. The molecule has 1 aliphatic carbocycles. The number of nitrogens with zero attached hydrogens (tertiary/aromatic N) is 1. The van der Waals surface area contributed by atoms with Crippen molar-refractivity contribution in [3.05, 3.63) is 40.9 Å². The van der Waals surface area contributed by atoms with Gasteiger partial charge in [0.15, 0.2) is 5.13 Å². The molecule has 3 rings (SSSR count). The standard InChI is InChI=1S/C12H12N2OS/c15-11-3-1-2-8-9(11)4-5-10(8)14-12-13-6-7-16-12/h1-3,6-7,10,15H,4-5H2,(H,13,14). The van der Waals surface area contributed by atoms with Gasteiger partial charge in [0.05, 0.1) is 6.04 Å². The topological polar surface area (TPSA) is 45.1 Å². The third-order valence-corrected chi connectivity index (χ3v) is 3.68. The van der Waals surface area contributed by atoms with E-state index >= 15 is 0 Å². The number of benzene rings is 1. The van der Waals surface area contributed by atoms with E-state index in [1.54, 1.807) is 23.6 Å². The molecule has 1 aromatic carbocycles. The number of thiazole rings is 1. The summed E-state index contributed by atoms with van der Waals surface area (Å²) in [5.74, 6) is 0.418. The van der Waals surface area contributed by atoms with Crippen LogP contribution in [-0.2, 0) is 6.42 Å². The highest BCUT2D eigenvalue weighted by Gasteiger charge is 2.24. The van der Waals surface area contributed by atoms with E-state index < -0.39 is 0 Å². The Labute approximate surface area is 97.8 Å². The summed E-state index contributed by atoms with van der Waals surface area (Å²) in [6.45, 7) is 0. The van der Waals surface area contributed by atoms with Crippen LogP contribution < -0.4 is 5.32 Å². The Kier molecular flexibility index (Phi) is 2.29. The fraction of sp³-hybridized carbons (Fsp3) is 0.250. The van der Waals surface area contributed by atoms with Crippen molar-refractivity contribution in [3.8, 4) is 5.75 Å². The minimum atomic E-state index is 0.285. The summed E-state index contributed by atoms with van der Waals surface area (Å²) in [6.07, 6.45) is 3.75. The van der Waals surface area contributed by atoms with E-state index in [2.05, 4.69) is 16.4 Å². The Morgan fingerprint density at radius 2 is 2.38 bits per heavy atom. The first-order chi connectivity index (χ1) is 7.84. The van der Waals surface area contributed by atoms with Crippen molar-refractivity contribution in [2.45, 2.75) is 18.9 Å². The smallest absolute Gasteiger partial charge is 0.183 e. The molecule has 0 bridgehead atoms. The van der Waals surface area contributed by atoms with E-state index in [9.17, 15) is 5.11 Å². The zero-order valence-corrected chi connectivity index (χ0v) is 9.50. The average Bonchev–Trinajstić information content (AvgIpc) is 2.90. The highest BCUT2D eigenvalue weighted by molar-refractivity contribution is 7.13. The summed E-state index contributed by atoms with van der Waals surface area (Å²) < 4.78 is 0. The summed E-state index contributed by atoms with van der Waals surface area (Å²) in [5, 5.41) is 16.0. The lowest BCUT2D eigenvalue weighted by atomic mass is 10.1. The number of phenolic OH excluding ortho intramolecular Hbond substituents is 1. The second-order valence-electron chi connectivity index (χ2n) is 3.92. The molecule has 0 aliphatic heterocycles. The number of nitrogens with one attached hydrogen (secondary N) is 1. The number of phenols is 1. The summed E-state index contributed by atoms with van der Waals surface area (Å²) in [4.78, 5) is 4.22.